The van der Waals surface area contributed by atoms with Crippen LogP contribution in [0.15, 0.2) is 48.8 Å². The largest absolute Gasteiger partial charge is 0.459 e. The predicted octanol–water partition coefficient (Wildman–Crippen LogP) is 5.77. The summed E-state index contributed by atoms with van der Waals surface area (Å²) >= 11 is 0. The highest BCUT2D eigenvalue weighted by molar-refractivity contribution is 5.90. The zero-order chi connectivity index (χ0) is 36.5. The van der Waals surface area contributed by atoms with Crippen molar-refractivity contribution in [2.45, 2.75) is 103 Å². The number of hydrogen-bond donors (Lipinski definition) is 3. The van der Waals surface area contributed by atoms with Gasteiger partial charge >= 0.3 is 11.9 Å². The molecule has 6 rings (SSSR count). The third kappa shape index (κ3) is 7.06. The summed E-state index contributed by atoms with van der Waals surface area (Å²) in [6, 6.07) is 10.6. The maximum Gasteiger partial charge on any atom is 0.339 e. The lowest BCUT2D eigenvalue weighted by Gasteiger charge is -2.64. The van der Waals surface area contributed by atoms with Gasteiger partial charge in [-0.15, -0.1) is 0 Å². The molecular formula is C40H55N3O8. The second-order valence-corrected chi connectivity index (χ2v) is 16.0. The van der Waals surface area contributed by atoms with Gasteiger partial charge in [-0.1, -0.05) is 32.9 Å². The quantitative estimate of drug-likeness (QED) is 0.0862. The van der Waals surface area contributed by atoms with Crippen molar-refractivity contribution in [3.8, 4) is 0 Å². The van der Waals surface area contributed by atoms with Crippen LogP contribution in [-0.4, -0.2) is 60.5 Å². The Morgan fingerprint density at radius 1 is 0.980 bits per heavy atom. The van der Waals surface area contributed by atoms with E-state index in [-0.39, 0.29) is 76.4 Å². The molecule has 4 aliphatic carbocycles. The summed E-state index contributed by atoms with van der Waals surface area (Å²) in [6.45, 7) is 6.77. The minimum atomic E-state index is -0.585. The molecule has 11 heteroatoms. The van der Waals surface area contributed by atoms with Gasteiger partial charge in [-0.3, -0.25) is 15.2 Å². The molecule has 1 aromatic carbocycles. The first kappa shape index (κ1) is 37.4. The third-order valence-corrected chi connectivity index (χ3v) is 13.7. The minimum Gasteiger partial charge on any atom is -0.459 e. The van der Waals surface area contributed by atoms with E-state index in [1.165, 1.54) is 0 Å². The van der Waals surface area contributed by atoms with E-state index in [1.807, 2.05) is 6.07 Å². The van der Waals surface area contributed by atoms with Crippen LogP contribution in [0, 0.1) is 46.3 Å². The fourth-order valence-electron chi connectivity index (χ4n) is 11.0. The zero-order valence-corrected chi connectivity index (χ0v) is 30.6. The molecule has 1 amide bonds. The van der Waals surface area contributed by atoms with Crippen molar-refractivity contribution in [3.05, 3.63) is 65.5 Å². The van der Waals surface area contributed by atoms with E-state index in [1.54, 1.807) is 56.9 Å². The van der Waals surface area contributed by atoms with E-state index in [9.17, 15) is 19.5 Å². The molecule has 1 aromatic heterocycles. The van der Waals surface area contributed by atoms with E-state index in [0.29, 0.717) is 43.2 Å². The average Bonchev–Trinajstić information content (AvgIpc) is 3.50. The van der Waals surface area contributed by atoms with E-state index in [4.69, 9.17) is 24.8 Å². The highest BCUT2D eigenvalue weighted by Crippen LogP contribution is 2.69. The van der Waals surface area contributed by atoms with E-state index in [2.05, 4.69) is 31.2 Å². The lowest BCUT2D eigenvalue weighted by molar-refractivity contribution is -0.207. The number of benzene rings is 1. The minimum absolute atomic E-state index is 0.0705. The van der Waals surface area contributed by atoms with Gasteiger partial charge in [0.1, 0.15) is 12.2 Å². The van der Waals surface area contributed by atoms with Crippen LogP contribution in [0.4, 0.5) is 0 Å². The molecular weight excluding hydrogens is 650 g/mol. The number of esters is 2. The Balaban J connectivity index is 1.25. The Labute approximate surface area is 301 Å². The van der Waals surface area contributed by atoms with Gasteiger partial charge in [0, 0.05) is 44.5 Å². The Hall–Kier alpha value is -3.38. The van der Waals surface area contributed by atoms with E-state index < -0.39 is 12.4 Å². The van der Waals surface area contributed by atoms with Crippen molar-refractivity contribution < 1.29 is 38.4 Å². The number of hydrazine groups is 1. The molecule has 4 saturated carbocycles. The van der Waals surface area contributed by atoms with Gasteiger partial charge in [0.05, 0.1) is 17.2 Å². The van der Waals surface area contributed by atoms with Crippen molar-refractivity contribution in [1.29, 1.82) is 0 Å². The first-order chi connectivity index (χ1) is 24.4. The van der Waals surface area contributed by atoms with Crippen LogP contribution in [0.3, 0.4) is 0 Å². The van der Waals surface area contributed by atoms with E-state index in [0.717, 1.165) is 31.2 Å². The van der Waals surface area contributed by atoms with Crippen LogP contribution in [0.25, 0.3) is 0 Å². The standard InChI is InChI=1S/C40H55N3O8/c1-23(11-14-34(45)43-41)29-12-13-30-35-31(21-33(44)40(29,30)3)39(2)16-15-28(50-36(46)24-8-6-9-25(18-24)38(48-4)49-5)19-27(39)20-32(35)51-37(47)26-10-7-17-42-22-26/h6-10,17-18,22-23,27-33,35,38,44H,11-16,19-21,41H2,1-5H3,(H,43,45)/t23-,27+,28-,29-,30+,31+,32-,33+,35+,39+,40-/m1/s1. The first-order valence-electron chi connectivity index (χ1n) is 18.6. The average molecular weight is 706 g/mol. The number of hydrogen-bond acceptors (Lipinski definition) is 10. The van der Waals surface area contributed by atoms with Gasteiger partial charge in [-0.25, -0.2) is 15.4 Å². The maximum absolute atomic E-state index is 13.7. The fraction of sp³-hybridized carbons (Fsp3) is 0.650. The number of carbonyl (C=O) groups excluding carboxylic acids is 3. The van der Waals surface area contributed by atoms with Gasteiger partial charge in [0.25, 0.3) is 0 Å². The van der Waals surface area contributed by atoms with Crippen molar-refractivity contribution in [3.63, 3.8) is 0 Å². The van der Waals surface area contributed by atoms with E-state index >= 15 is 0 Å². The van der Waals surface area contributed by atoms with Crippen LogP contribution in [0.2, 0.25) is 0 Å². The van der Waals surface area contributed by atoms with Crippen molar-refractivity contribution >= 4 is 17.8 Å². The Morgan fingerprint density at radius 3 is 2.43 bits per heavy atom. The highest BCUT2D eigenvalue weighted by Gasteiger charge is 2.66. The van der Waals surface area contributed by atoms with Gasteiger partial charge in [0.2, 0.25) is 5.91 Å². The smallest absolute Gasteiger partial charge is 0.339 e. The molecule has 0 saturated heterocycles. The molecule has 2 aromatic rings. The summed E-state index contributed by atoms with van der Waals surface area (Å²) in [6.07, 6.45) is 7.85. The number of nitrogens with two attached hydrogens (primary N) is 1. The topological polar surface area (TPSA) is 159 Å². The fourth-order valence-corrected chi connectivity index (χ4v) is 11.0. The number of amides is 1. The first-order valence-corrected chi connectivity index (χ1v) is 18.6. The molecule has 51 heavy (non-hydrogen) atoms. The number of pyridine rings is 1. The number of aliphatic hydroxyl groups is 1. The predicted molar refractivity (Wildman–Crippen MR) is 189 cm³/mol. The molecule has 0 aliphatic heterocycles. The van der Waals surface area contributed by atoms with Crippen LogP contribution in [-0.2, 0) is 23.7 Å². The number of carbonyl (C=O) groups is 3. The summed E-state index contributed by atoms with van der Waals surface area (Å²) in [5.74, 6) is 5.32. The number of ether oxygens (including phenoxy) is 4. The third-order valence-electron chi connectivity index (χ3n) is 13.7. The van der Waals surface area contributed by atoms with Gasteiger partial charge < -0.3 is 24.1 Å². The summed E-state index contributed by atoms with van der Waals surface area (Å²) in [5, 5.41) is 12.2. The SMILES string of the molecule is COC(OC)c1cccc(C(=O)O[C@@H]2CC[C@@]3(C)[C@@H](C2)C[C@@H](OC(=O)c2cccnc2)[C@@H]2[C@@H]3C[C@H](O)[C@]3(C)[C@@H]([C@H](C)CCC(=O)NN)CC[C@@H]23)c1. The number of aromatic nitrogens is 1. The van der Waals surface area contributed by atoms with Crippen LogP contribution < -0.4 is 11.3 Å². The number of aliphatic hydroxyl groups excluding tert-OH is 1. The molecule has 0 spiro atoms. The molecule has 4 fully saturated rings. The lowest BCUT2D eigenvalue weighted by atomic mass is 9.43. The molecule has 4 N–H and O–H groups in total. The molecule has 4 aliphatic rings. The lowest BCUT2D eigenvalue weighted by Crippen LogP contribution is -2.63. The number of methoxy groups -OCH3 is 2. The Bertz CT molecular complexity index is 1550. The summed E-state index contributed by atoms with van der Waals surface area (Å²) < 4.78 is 23.4. The van der Waals surface area contributed by atoms with Gasteiger partial charge in [-0.05, 0) is 116 Å². The normalized spacial score (nSPS) is 34.8. The Morgan fingerprint density at radius 2 is 1.73 bits per heavy atom. The Kier molecular flexibility index (Phi) is 11.2. The van der Waals surface area contributed by atoms with Gasteiger partial charge in [0.15, 0.2) is 6.29 Å². The summed E-state index contributed by atoms with van der Waals surface area (Å²) in [7, 11) is 3.11. The van der Waals surface area contributed by atoms with Gasteiger partial charge in [-0.2, -0.15) is 0 Å². The number of rotatable bonds is 11. The molecule has 0 bridgehead atoms. The van der Waals surface area contributed by atoms with Crippen LogP contribution in [0.5, 0.6) is 0 Å². The second kappa shape index (κ2) is 15.3. The molecule has 0 radical (unpaired) electrons. The number of fused-ring (bicyclic) bond motifs is 5. The molecule has 1 heterocycles. The zero-order valence-electron chi connectivity index (χ0n) is 30.6. The van der Waals surface area contributed by atoms with Crippen LogP contribution >= 0.6 is 0 Å². The highest BCUT2D eigenvalue weighted by atomic mass is 16.7. The molecule has 11 nitrogen and oxygen atoms in total. The number of nitrogens with zero attached hydrogens (tertiary/aromatic N) is 1. The monoisotopic (exact) mass is 705 g/mol. The summed E-state index contributed by atoms with van der Waals surface area (Å²) in [4.78, 5) is 43.3. The summed E-state index contributed by atoms with van der Waals surface area (Å²) in [5.41, 5.74) is 3.33. The molecule has 278 valence electrons. The second-order valence-electron chi connectivity index (χ2n) is 16.0. The van der Waals surface area contributed by atoms with Crippen molar-refractivity contribution in [1.82, 2.24) is 10.4 Å². The molecule has 11 atom stereocenters. The number of nitrogens with one attached hydrogen (secondary N) is 1. The van der Waals surface area contributed by atoms with Crippen LogP contribution in [0.1, 0.15) is 111 Å². The maximum atomic E-state index is 13.7. The molecule has 0 unspecified atom stereocenters. The van der Waals surface area contributed by atoms with Crippen molar-refractivity contribution in [2.24, 2.45) is 52.2 Å². The van der Waals surface area contributed by atoms with Crippen molar-refractivity contribution in [2.75, 3.05) is 14.2 Å².